The Balaban J connectivity index is 2.56. The Morgan fingerprint density at radius 1 is 1.50 bits per heavy atom. The second-order valence-corrected chi connectivity index (χ2v) is 3.63. The highest BCUT2D eigenvalue weighted by Gasteiger charge is 2.33. The maximum atomic E-state index is 11.6. The summed E-state index contributed by atoms with van der Waals surface area (Å²) in [5.41, 5.74) is -1.15. The molecule has 0 bridgehead atoms. The number of hydrogen-bond donors (Lipinski definition) is 1. The Hall–Kier alpha value is -0.570. The first-order valence-corrected chi connectivity index (χ1v) is 4.59. The summed E-state index contributed by atoms with van der Waals surface area (Å²) in [7, 11) is 0. The van der Waals surface area contributed by atoms with Crippen molar-refractivity contribution in [2.75, 3.05) is 13.1 Å². The summed E-state index contributed by atoms with van der Waals surface area (Å²) >= 11 is 0. The van der Waals surface area contributed by atoms with Gasteiger partial charge >= 0.3 is 0 Å². The van der Waals surface area contributed by atoms with Crippen molar-refractivity contribution in [3.8, 4) is 0 Å². The maximum absolute atomic E-state index is 11.6. The van der Waals surface area contributed by atoms with Crippen LogP contribution in [0.1, 0.15) is 33.1 Å². The summed E-state index contributed by atoms with van der Waals surface area (Å²) in [6.45, 7) is 5.05. The molecule has 1 saturated heterocycles. The molecule has 12 heavy (non-hydrogen) atoms. The topological polar surface area (TPSA) is 40.5 Å². The van der Waals surface area contributed by atoms with Gasteiger partial charge in [-0.1, -0.05) is 6.92 Å². The van der Waals surface area contributed by atoms with E-state index in [0.717, 1.165) is 25.9 Å². The SMILES string of the molecule is CCC(C)(O)C(=O)N1CCCC1. The molecule has 1 fully saturated rings. The highest BCUT2D eigenvalue weighted by Crippen LogP contribution is 2.17. The Morgan fingerprint density at radius 2 is 2.00 bits per heavy atom. The van der Waals surface area contributed by atoms with Crippen LogP contribution in [0.4, 0.5) is 0 Å². The standard InChI is InChI=1S/C9H17NO2/c1-3-9(2,12)8(11)10-6-4-5-7-10/h12H,3-7H2,1-2H3. The van der Waals surface area contributed by atoms with Crippen molar-refractivity contribution < 1.29 is 9.90 Å². The number of hydrogen-bond acceptors (Lipinski definition) is 2. The molecule has 3 nitrogen and oxygen atoms in total. The highest BCUT2D eigenvalue weighted by molar-refractivity contribution is 5.84. The van der Waals surface area contributed by atoms with Gasteiger partial charge in [0, 0.05) is 13.1 Å². The lowest BCUT2D eigenvalue weighted by Gasteiger charge is -2.26. The van der Waals surface area contributed by atoms with E-state index >= 15 is 0 Å². The monoisotopic (exact) mass is 171 g/mol. The second kappa shape index (κ2) is 3.44. The normalized spacial score (nSPS) is 22.4. The number of aliphatic hydroxyl groups is 1. The molecule has 0 radical (unpaired) electrons. The van der Waals surface area contributed by atoms with Crippen LogP contribution in [0.5, 0.6) is 0 Å². The molecule has 0 aromatic carbocycles. The molecule has 0 aliphatic carbocycles. The van der Waals surface area contributed by atoms with Crippen molar-refractivity contribution in [1.82, 2.24) is 4.90 Å². The highest BCUT2D eigenvalue weighted by atomic mass is 16.3. The van der Waals surface area contributed by atoms with E-state index in [0.29, 0.717) is 6.42 Å². The van der Waals surface area contributed by atoms with E-state index in [1.165, 1.54) is 0 Å². The zero-order valence-corrected chi connectivity index (χ0v) is 7.84. The molecule has 3 heteroatoms. The number of amides is 1. The van der Waals surface area contributed by atoms with E-state index < -0.39 is 5.60 Å². The minimum atomic E-state index is -1.15. The van der Waals surface area contributed by atoms with Crippen molar-refractivity contribution in [1.29, 1.82) is 0 Å². The summed E-state index contributed by atoms with van der Waals surface area (Å²) in [5, 5.41) is 9.66. The van der Waals surface area contributed by atoms with Crippen molar-refractivity contribution in [2.45, 2.75) is 38.7 Å². The number of nitrogens with zero attached hydrogens (tertiary/aromatic N) is 1. The lowest BCUT2D eigenvalue weighted by atomic mass is 10.0. The average molecular weight is 171 g/mol. The lowest BCUT2D eigenvalue weighted by Crippen LogP contribution is -2.45. The van der Waals surface area contributed by atoms with Crippen molar-refractivity contribution in [3.05, 3.63) is 0 Å². The first kappa shape index (κ1) is 9.52. The summed E-state index contributed by atoms with van der Waals surface area (Å²) in [4.78, 5) is 13.3. The van der Waals surface area contributed by atoms with Crippen molar-refractivity contribution in [2.24, 2.45) is 0 Å². The van der Waals surface area contributed by atoms with E-state index in [1.807, 2.05) is 6.92 Å². The van der Waals surface area contributed by atoms with Gasteiger partial charge in [-0.15, -0.1) is 0 Å². The zero-order valence-electron chi connectivity index (χ0n) is 7.84. The molecule has 70 valence electrons. The molecule has 0 spiro atoms. The number of carbonyl (C=O) groups excluding carboxylic acids is 1. The largest absolute Gasteiger partial charge is 0.380 e. The smallest absolute Gasteiger partial charge is 0.254 e. The van der Waals surface area contributed by atoms with Gasteiger partial charge in [0.25, 0.3) is 5.91 Å². The number of carbonyl (C=O) groups is 1. The van der Waals surface area contributed by atoms with Crippen molar-refractivity contribution >= 4 is 5.91 Å². The molecular weight excluding hydrogens is 154 g/mol. The van der Waals surface area contributed by atoms with Crippen LogP contribution in [0.3, 0.4) is 0 Å². The minimum absolute atomic E-state index is 0.109. The fraction of sp³-hybridized carbons (Fsp3) is 0.889. The minimum Gasteiger partial charge on any atom is -0.380 e. The van der Waals surface area contributed by atoms with E-state index in [-0.39, 0.29) is 5.91 Å². The van der Waals surface area contributed by atoms with E-state index in [9.17, 15) is 9.90 Å². The molecule has 0 aromatic rings. The molecule has 1 heterocycles. The predicted molar refractivity (Wildman–Crippen MR) is 46.7 cm³/mol. The van der Waals surface area contributed by atoms with Gasteiger partial charge in [-0.05, 0) is 26.2 Å². The van der Waals surface area contributed by atoms with Crippen LogP contribution in [0, 0.1) is 0 Å². The molecule has 1 rings (SSSR count). The summed E-state index contributed by atoms with van der Waals surface area (Å²) in [5.74, 6) is -0.109. The van der Waals surface area contributed by atoms with Gasteiger partial charge in [0.1, 0.15) is 5.60 Å². The summed E-state index contributed by atoms with van der Waals surface area (Å²) < 4.78 is 0. The number of likely N-dealkylation sites (tertiary alicyclic amines) is 1. The van der Waals surface area contributed by atoms with Crippen LogP contribution in [0.15, 0.2) is 0 Å². The third kappa shape index (κ3) is 1.78. The third-order valence-corrected chi connectivity index (χ3v) is 2.54. The van der Waals surface area contributed by atoms with Crippen LogP contribution in [-0.2, 0) is 4.79 Å². The third-order valence-electron chi connectivity index (χ3n) is 2.54. The van der Waals surface area contributed by atoms with Gasteiger partial charge in [0.15, 0.2) is 0 Å². The van der Waals surface area contributed by atoms with Gasteiger partial charge in [-0.25, -0.2) is 0 Å². The van der Waals surface area contributed by atoms with Gasteiger partial charge in [-0.2, -0.15) is 0 Å². The number of rotatable bonds is 2. The van der Waals surface area contributed by atoms with Crippen LogP contribution in [0.25, 0.3) is 0 Å². The van der Waals surface area contributed by atoms with E-state index in [4.69, 9.17) is 0 Å². The molecule has 1 aliphatic heterocycles. The fourth-order valence-corrected chi connectivity index (χ4v) is 1.41. The molecule has 1 amide bonds. The Bertz CT molecular complexity index is 171. The quantitative estimate of drug-likeness (QED) is 0.666. The van der Waals surface area contributed by atoms with Crippen LogP contribution in [0.2, 0.25) is 0 Å². The van der Waals surface area contributed by atoms with E-state index in [2.05, 4.69) is 0 Å². The Kier molecular flexibility index (Phi) is 2.73. The van der Waals surface area contributed by atoms with Crippen LogP contribution in [-0.4, -0.2) is 34.6 Å². The zero-order chi connectivity index (χ0) is 9.19. The lowest BCUT2D eigenvalue weighted by molar-refractivity contribution is -0.148. The molecular formula is C9H17NO2. The first-order chi connectivity index (χ1) is 5.58. The van der Waals surface area contributed by atoms with Gasteiger partial charge in [0.2, 0.25) is 0 Å². The predicted octanol–water partition coefficient (Wildman–Crippen LogP) is 0.770. The van der Waals surface area contributed by atoms with Crippen LogP contribution >= 0.6 is 0 Å². The molecule has 1 aliphatic rings. The molecule has 0 saturated carbocycles. The van der Waals surface area contributed by atoms with Gasteiger partial charge < -0.3 is 10.0 Å². The first-order valence-electron chi connectivity index (χ1n) is 4.59. The Morgan fingerprint density at radius 3 is 2.42 bits per heavy atom. The van der Waals surface area contributed by atoms with Gasteiger partial charge in [-0.3, -0.25) is 4.79 Å². The van der Waals surface area contributed by atoms with Gasteiger partial charge in [0.05, 0.1) is 0 Å². The molecule has 1 unspecified atom stereocenters. The van der Waals surface area contributed by atoms with E-state index in [1.54, 1.807) is 11.8 Å². The van der Waals surface area contributed by atoms with Crippen LogP contribution < -0.4 is 0 Å². The van der Waals surface area contributed by atoms with Crippen molar-refractivity contribution in [3.63, 3.8) is 0 Å². The maximum Gasteiger partial charge on any atom is 0.254 e. The summed E-state index contributed by atoms with van der Waals surface area (Å²) in [6, 6.07) is 0. The second-order valence-electron chi connectivity index (χ2n) is 3.63. The summed E-state index contributed by atoms with van der Waals surface area (Å²) in [6.07, 6.45) is 2.64. The molecule has 1 atom stereocenters. The Labute approximate surface area is 73.4 Å². The molecule has 1 N–H and O–H groups in total. The molecule has 0 aromatic heterocycles. The fourth-order valence-electron chi connectivity index (χ4n) is 1.41. The average Bonchev–Trinajstić information content (AvgIpc) is 2.55.